The van der Waals surface area contributed by atoms with E-state index in [1.807, 2.05) is 0 Å². The van der Waals surface area contributed by atoms with Crippen LogP contribution in [0.25, 0.3) is 0 Å². The molecule has 0 amide bonds. The van der Waals surface area contributed by atoms with Gasteiger partial charge in [-0.15, -0.1) is 0 Å². The summed E-state index contributed by atoms with van der Waals surface area (Å²) in [5.74, 6) is 3.60. The lowest BCUT2D eigenvalue weighted by Crippen LogP contribution is -2.45. The van der Waals surface area contributed by atoms with Gasteiger partial charge in [-0.1, -0.05) is 0 Å². The molecule has 0 unspecified atom stereocenters. The van der Waals surface area contributed by atoms with Gasteiger partial charge in [-0.05, 0) is 0 Å². The highest BCUT2D eigenvalue weighted by Crippen LogP contribution is 2.30. The highest BCUT2D eigenvalue weighted by atomic mass is 32.1. The molecule has 0 saturated carbocycles. The molecule has 2 fully saturated rings. The molecule has 0 bridgehead atoms. The third kappa shape index (κ3) is 3.65. The smallest absolute Gasteiger partial charge is 0.0560 e. The summed E-state index contributed by atoms with van der Waals surface area (Å²) in [6, 6.07) is 0. The Balaban J connectivity index is 0.000000160. The lowest BCUT2D eigenvalue weighted by Gasteiger charge is -2.38. The molecule has 0 radical (unpaired) electrons. The molecule has 96 valence electrons. The first-order valence-corrected chi connectivity index (χ1v) is 7.78. The highest BCUT2D eigenvalue weighted by Gasteiger charge is 2.36. The van der Waals surface area contributed by atoms with E-state index in [2.05, 4.69) is 50.5 Å². The van der Waals surface area contributed by atoms with Gasteiger partial charge in [0.05, 0.1) is 26.4 Å². The molecule has 2 aliphatic rings. The van der Waals surface area contributed by atoms with E-state index >= 15 is 0 Å². The largest absolute Gasteiger partial charge is 0.380 e. The van der Waals surface area contributed by atoms with Gasteiger partial charge in [-0.2, -0.15) is 50.5 Å². The Morgan fingerprint density at radius 2 is 0.875 bits per heavy atom. The van der Waals surface area contributed by atoms with E-state index in [1.165, 1.54) is 0 Å². The predicted octanol–water partition coefficient (Wildman–Crippen LogP) is 1.73. The molecule has 0 aliphatic carbocycles. The van der Waals surface area contributed by atoms with E-state index < -0.39 is 0 Å². The van der Waals surface area contributed by atoms with Gasteiger partial charge in [-0.25, -0.2) is 0 Å². The zero-order chi connectivity index (χ0) is 12.1. The number of thiol groups is 4. The predicted molar refractivity (Wildman–Crippen MR) is 81.9 cm³/mol. The maximum absolute atomic E-state index is 5.02. The summed E-state index contributed by atoms with van der Waals surface area (Å²) in [4.78, 5) is 0. The lowest BCUT2D eigenvalue weighted by molar-refractivity contribution is -0.0826. The number of hydrogen-bond acceptors (Lipinski definition) is 6. The summed E-state index contributed by atoms with van der Waals surface area (Å²) >= 11 is 16.7. The van der Waals surface area contributed by atoms with E-state index in [1.54, 1.807) is 0 Å². The van der Waals surface area contributed by atoms with Crippen LogP contribution in [0.3, 0.4) is 0 Å². The second-order valence-electron chi connectivity index (χ2n) is 4.62. The zero-order valence-electron chi connectivity index (χ0n) is 9.26. The number of ether oxygens (including phenoxy) is 2. The van der Waals surface area contributed by atoms with Crippen LogP contribution in [0, 0.1) is 10.8 Å². The minimum Gasteiger partial charge on any atom is -0.380 e. The van der Waals surface area contributed by atoms with Crippen molar-refractivity contribution in [3.05, 3.63) is 0 Å². The molecule has 16 heavy (non-hydrogen) atoms. The highest BCUT2D eigenvalue weighted by molar-refractivity contribution is 7.81. The van der Waals surface area contributed by atoms with Gasteiger partial charge in [0.25, 0.3) is 0 Å². The fourth-order valence-corrected chi connectivity index (χ4v) is 2.78. The summed E-state index contributed by atoms with van der Waals surface area (Å²) in [6.45, 7) is 3.39. The second kappa shape index (κ2) is 7.04. The first-order chi connectivity index (χ1) is 7.66. The lowest BCUT2D eigenvalue weighted by atomic mass is 9.91. The summed E-state index contributed by atoms with van der Waals surface area (Å²) in [5, 5.41) is 0. The molecular formula is C10H20O2S4. The third-order valence-corrected chi connectivity index (χ3v) is 5.66. The Kier molecular flexibility index (Phi) is 6.77. The Labute approximate surface area is 120 Å². The van der Waals surface area contributed by atoms with Crippen LogP contribution in [-0.2, 0) is 9.47 Å². The Morgan fingerprint density at radius 1 is 0.625 bits per heavy atom. The average Bonchev–Trinajstić information content (AvgIpc) is 2.19. The maximum Gasteiger partial charge on any atom is 0.0560 e. The van der Waals surface area contributed by atoms with Crippen molar-refractivity contribution in [1.82, 2.24) is 0 Å². The van der Waals surface area contributed by atoms with Crippen molar-refractivity contribution in [3.8, 4) is 0 Å². The molecule has 2 nitrogen and oxygen atoms in total. The first-order valence-electron chi connectivity index (χ1n) is 5.25. The van der Waals surface area contributed by atoms with Crippen molar-refractivity contribution >= 4 is 50.5 Å². The molecule has 2 rings (SSSR count). The van der Waals surface area contributed by atoms with Gasteiger partial charge >= 0.3 is 0 Å². The van der Waals surface area contributed by atoms with Crippen molar-refractivity contribution in [3.63, 3.8) is 0 Å². The molecule has 2 aliphatic heterocycles. The van der Waals surface area contributed by atoms with Gasteiger partial charge in [0, 0.05) is 33.8 Å². The molecule has 2 saturated heterocycles. The molecule has 0 spiro atoms. The summed E-state index contributed by atoms with van der Waals surface area (Å²) in [7, 11) is 0. The molecule has 6 heteroatoms. The topological polar surface area (TPSA) is 18.5 Å². The second-order valence-corrected chi connectivity index (χ2v) is 5.88. The zero-order valence-corrected chi connectivity index (χ0v) is 12.8. The van der Waals surface area contributed by atoms with Gasteiger partial charge in [0.1, 0.15) is 0 Å². The van der Waals surface area contributed by atoms with Crippen LogP contribution in [0.1, 0.15) is 0 Å². The van der Waals surface area contributed by atoms with Crippen LogP contribution < -0.4 is 0 Å². The van der Waals surface area contributed by atoms with Crippen LogP contribution in [-0.4, -0.2) is 49.4 Å². The van der Waals surface area contributed by atoms with Crippen molar-refractivity contribution in [2.75, 3.05) is 49.4 Å². The quantitative estimate of drug-likeness (QED) is 0.593. The first kappa shape index (κ1) is 15.4. The number of hydrogen-bond donors (Lipinski definition) is 4. The standard InChI is InChI=1S/2C5H10OS2/c2*7-3-5(4-8)1-6-2-5/h2*7-8H,1-4H2. The average molecular weight is 301 g/mol. The summed E-state index contributed by atoms with van der Waals surface area (Å²) in [6.07, 6.45) is 0. The summed E-state index contributed by atoms with van der Waals surface area (Å²) < 4.78 is 10.0. The van der Waals surface area contributed by atoms with Gasteiger partial charge in [0.2, 0.25) is 0 Å². The number of rotatable bonds is 4. The molecule has 0 N–H and O–H groups in total. The van der Waals surface area contributed by atoms with Crippen LogP contribution in [0.15, 0.2) is 0 Å². The van der Waals surface area contributed by atoms with Gasteiger partial charge in [0.15, 0.2) is 0 Å². The van der Waals surface area contributed by atoms with E-state index in [-0.39, 0.29) is 0 Å². The Bertz CT molecular complexity index is 156. The van der Waals surface area contributed by atoms with Crippen LogP contribution in [0.5, 0.6) is 0 Å². The fourth-order valence-electron chi connectivity index (χ4n) is 1.25. The third-order valence-electron chi connectivity index (χ3n) is 2.97. The van der Waals surface area contributed by atoms with Crippen LogP contribution >= 0.6 is 50.5 Å². The van der Waals surface area contributed by atoms with E-state index in [0.717, 1.165) is 49.4 Å². The van der Waals surface area contributed by atoms with Crippen LogP contribution in [0.4, 0.5) is 0 Å². The Hall–Kier alpha value is 1.32. The molecule has 2 heterocycles. The van der Waals surface area contributed by atoms with Gasteiger partial charge < -0.3 is 9.47 Å². The molecule has 0 aromatic rings. The molecule has 0 aromatic carbocycles. The SMILES string of the molecule is SCC1(CS)COC1.SCC1(CS)COC1. The van der Waals surface area contributed by atoms with Crippen LogP contribution in [0.2, 0.25) is 0 Å². The van der Waals surface area contributed by atoms with Crippen molar-refractivity contribution < 1.29 is 9.47 Å². The molecule has 0 aromatic heterocycles. The fraction of sp³-hybridized carbons (Fsp3) is 1.00. The van der Waals surface area contributed by atoms with Crippen molar-refractivity contribution in [2.45, 2.75) is 0 Å². The van der Waals surface area contributed by atoms with Gasteiger partial charge in [-0.3, -0.25) is 0 Å². The minimum atomic E-state index is 0.312. The molecule has 0 atom stereocenters. The van der Waals surface area contributed by atoms with E-state index in [0.29, 0.717) is 10.8 Å². The van der Waals surface area contributed by atoms with Crippen molar-refractivity contribution in [1.29, 1.82) is 0 Å². The normalized spacial score (nSPS) is 24.8. The molecular weight excluding hydrogens is 280 g/mol. The van der Waals surface area contributed by atoms with E-state index in [4.69, 9.17) is 9.47 Å². The Morgan fingerprint density at radius 3 is 0.875 bits per heavy atom. The summed E-state index contributed by atoms with van der Waals surface area (Å²) in [5.41, 5.74) is 0.623. The monoisotopic (exact) mass is 300 g/mol. The van der Waals surface area contributed by atoms with E-state index in [9.17, 15) is 0 Å². The maximum atomic E-state index is 5.02. The minimum absolute atomic E-state index is 0.312. The van der Waals surface area contributed by atoms with Crippen molar-refractivity contribution in [2.24, 2.45) is 10.8 Å².